The van der Waals surface area contributed by atoms with Crippen molar-refractivity contribution in [2.24, 2.45) is 0 Å². The average molecular weight is 293 g/mol. The van der Waals surface area contributed by atoms with Crippen molar-refractivity contribution in [2.45, 2.75) is 30.0 Å². The zero-order valence-corrected chi connectivity index (χ0v) is 10.9. The molecular formula is C12H14F3NO2S. The van der Waals surface area contributed by atoms with Gasteiger partial charge in [-0.15, -0.1) is 0 Å². The summed E-state index contributed by atoms with van der Waals surface area (Å²) in [6.45, 7) is 0.327. The minimum absolute atomic E-state index is 0.0712. The van der Waals surface area contributed by atoms with Gasteiger partial charge in [-0.25, -0.2) is 8.42 Å². The van der Waals surface area contributed by atoms with Crippen LogP contribution >= 0.6 is 0 Å². The number of benzene rings is 1. The van der Waals surface area contributed by atoms with E-state index in [1.165, 1.54) is 0 Å². The minimum atomic E-state index is -4.45. The van der Waals surface area contributed by atoms with Crippen molar-refractivity contribution in [3.63, 3.8) is 0 Å². The van der Waals surface area contributed by atoms with Crippen molar-refractivity contribution in [3.05, 3.63) is 29.8 Å². The van der Waals surface area contributed by atoms with E-state index >= 15 is 0 Å². The minimum Gasteiger partial charge on any atom is -0.313 e. The van der Waals surface area contributed by atoms with Crippen molar-refractivity contribution >= 4 is 9.84 Å². The lowest BCUT2D eigenvalue weighted by atomic mass is 10.2. The van der Waals surface area contributed by atoms with Crippen LogP contribution in [0.25, 0.3) is 0 Å². The normalized spacial score (nSPS) is 16.6. The first-order valence-electron chi connectivity index (χ1n) is 5.92. The molecule has 1 N–H and O–H groups in total. The van der Waals surface area contributed by atoms with E-state index in [9.17, 15) is 21.6 Å². The molecule has 0 radical (unpaired) electrons. The Bertz CT molecular complexity index is 533. The predicted molar refractivity (Wildman–Crippen MR) is 64.5 cm³/mol. The highest BCUT2D eigenvalue weighted by Gasteiger charge is 2.30. The summed E-state index contributed by atoms with van der Waals surface area (Å²) >= 11 is 0. The van der Waals surface area contributed by atoms with Crippen LogP contribution in [0, 0.1) is 0 Å². The zero-order valence-electron chi connectivity index (χ0n) is 10.1. The summed E-state index contributed by atoms with van der Waals surface area (Å²) in [6, 6.07) is 4.01. The second kappa shape index (κ2) is 5.13. The van der Waals surface area contributed by atoms with Crippen molar-refractivity contribution in [1.29, 1.82) is 0 Å². The van der Waals surface area contributed by atoms with Crippen LogP contribution in [0.5, 0.6) is 0 Å². The molecule has 2 rings (SSSR count). The molecule has 1 aromatic rings. The fourth-order valence-electron chi connectivity index (χ4n) is 1.65. The first kappa shape index (κ1) is 14.3. The summed E-state index contributed by atoms with van der Waals surface area (Å²) < 4.78 is 60.8. The summed E-state index contributed by atoms with van der Waals surface area (Å²) in [5.74, 6) is -0.102. The Kier molecular flexibility index (Phi) is 3.87. The molecule has 0 bridgehead atoms. The van der Waals surface area contributed by atoms with E-state index in [-0.39, 0.29) is 10.6 Å². The van der Waals surface area contributed by atoms with Crippen molar-refractivity contribution in [2.75, 3.05) is 12.3 Å². The molecule has 0 atom stereocenters. The highest BCUT2D eigenvalue weighted by atomic mass is 32.2. The number of halogens is 3. The van der Waals surface area contributed by atoms with Crippen LogP contribution in [0.2, 0.25) is 0 Å². The number of hydrogen-bond acceptors (Lipinski definition) is 3. The molecule has 0 unspecified atom stereocenters. The lowest BCUT2D eigenvalue weighted by molar-refractivity contribution is -0.137. The largest absolute Gasteiger partial charge is 0.416 e. The zero-order chi connectivity index (χ0) is 14.1. The Hall–Kier alpha value is -1.08. The Morgan fingerprint density at radius 1 is 1.16 bits per heavy atom. The quantitative estimate of drug-likeness (QED) is 0.905. The first-order valence-corrected chi connectivity index (χ1v) is 7.58. The van der Waals surface area contributed by atoms with Gasteiger partial charge in [-0.2, -0.15) is 13.2 Å². The van der Waals surface area contributed by atoms with Crippen LogP contribution in [0.4, 0.5) is 13.2 Å². The van der Waals surface area contributed by atoms with Crippen molar-refractivity contribution < 1.29 is 21.6 Å². The Morgan fingerprint density at radius 3 is 2.21 bits per heavy atom. The maximum absolute atomic E-state index is 12.4. The van der Waals surface area contributed by atoms with E-state index in [4.69, 9.17) is 0 Å². The van der Waals surface area contributed by atoms with Crippen molar-refractivity contribution in [1.82, 2.24) is 5.32 Å². The molecule has 0 aliphatic heterocycles. The standard InChI is InChI=1S/C12H14F3NO2S/c13-12(14,15)9-1-5-11(6-2-9)19(17,18)8-7-16-10-3-4-10/h1-2,5-6,10,16H,3-4,7-8H2. The van der Waals surface area contributed by atoms with Gasteiger partial charge in [0.1, 0.15) is 0 Å². The summed E-state index contributed by atoms with van der Waals surface area (Å²) in [4.78, 5) is -0.0712. The Morgan fingerprint density at radius 2 is 1.74 bits per heavy atom. The SMILES string of the molecule is O=S(=O)(CCNC1CC1)c1ccc(C(F)(F)F)cc1. The molecule has 0 saturated heterocycles. The highest BCUT2D eigenvalue weighted by Crippen LogP contribution is 2.29. The van der Waals surface area contributed by atoms with Gasteiger partial charge in [-0.1, -0.05) is 0 Å². The maximum atomic E-state index is 12.4. The van der Waals surface area contributed by atoms with E-state index in [1.807, 2.05) is 0 Å². The molecule has 0 aromatic heterocycles. The predicted octanol–water partition coefficient (Wildman–Crippen LogP) is 2.23. The smallest absolute Gasteiger partial charge is 0.313 e. The summed E-state index contributed by atoms with van der Waals surface area (Å²) in [5.41, 5.74) is -0.845. The number of alkyl halides is 3. The Labute approximate surface area is 109 Å². The van der Waals surface area contributed by atoms with Crippen LogP contribution in [0.3, 0.4) is 0 Å². The second-order valence-electron chi connectivity index (χ2n) is 4.57. The first-order chi connectivity index (χ1) is 8.79. The fourth-order valence-corrected chi connectivity index (χ4v) is 2.83. The van der Waals surface area contributed by atoms with Gasteiger partial charge in [0.25, 0.3) is 0 Å². The second-order valence-corrected chi connectivity index (χ2v) is 6.68. The van der Waals surface area contributed by atoms with Gasteiger partial charge in [-0.05, 0) is 37.1 Å². The molecule has 1 aliphatic carbocycles. The van der Waals surface area contributed by atoms with Crippen molar-refractivity contribution in [3.8, 4) is 0 Å². The molecule has 0 amide bonds. The molecule has 7 heteroatoms. The van der Waals surface area contributed by atoms with E-state index in [0.29, 0.717) is 12.6 Å². The molecule has 0 spiro atoms. The average Bonchev–Trinajstić information content (AvgIpc) is 3.12. The van der Waals surface area contributed by atoms with Gasteiger partial charge >= 0.3 is 6.18 Å². The topological polar surface area (TPSA) is 46.2 Å². The fraction of sp³-hybridized carbons (Fsp3) is 0.500. The highest BCUT2D eigenvalue weighted by molar-refractivity contribution is 7.91. The van der Waals surface area contributed by atoms with E-state index in [0.717, 1.165) is 37.1 Å². The summed E-state index contributed by atoms with van der Waals surface area (Å²) in [7, 11) is -3.52. The van der Waals surface area contributed by atoms with Gasteiger partial charge in [0.15, 0.2) is 9.84 Å². The lowest BCUT2D eigenvalue weighted by Gasteiger charge is -2.08. The van der Waals surface area contributed by atoms with Crippen LogP contribution in [0.1, 0.15) is 18.4 Å². The van der Waals surface area contributed by atoms with E-state index in [1.54, 1.807) is 0 Å². The van der Waals surface area contributed by atoms with Gasteiger partial charge in [0.2, 0.25) is 0 Å². The molecular weight excluding hydrogens is 279 g/mol. The maximum Gasteiger partial charge on any atom is 0.416 e. The molecule has 3 nitrogen and oxygen atoms in total. The van der Waals surface area contributed by atoms with Gasteiger partial charge in [0.05, 0.1) is 16.2 Å². The van der Waals surface area contributed by atoms with Gasteiger partial charge < -0.3 is 5.32 Å². The molecule has 0 heterocycles. The Balaban J connectivity index is 2.02. The number of nitrogens with one attached hydrogen (secondary N) is 1. The lowest BCUT2D eigenvalue weighted by Crippen LogP contribution is -2.24. The molecule has 1 saturated carbocycles. The summed E-state index contributed by atoms with van der Waals surface area (Å²) in [6.07, 6.45) is -2.34. The van der Waals surface area contributed by atoms with Crippen LogP contribution < -0.4 is 5.32 Å². The number of hydrogen-bond donors (Lipinski definition) is 1. The molecule has 1 fully saturated rings. The third kappa shape index (κ3) is 3.94. The van der Waals surface area contributed by atoms with E-state index in [2.05, 4.69) is 5.32 Å². The van der Waals surface area contributed by atoms with E-state index < -0.39 is 21.6 Å². The molecule has 106 valence electrons. The monoisotopic (exact) mass is 293 g/mol. The van der Waals surface area contributed by atoms with Crippen LogP contribution in [0.15, 0.2) is 29.2 Å². The third-order valence-corrected chi connectivity index (χ3v) is 4.65. The summed E-state index contributed by atoms with van der Waals surface area (Å²) in [5, 5.41) is 3.06. The van der Waals surface area contributed by atoms with Crippen LogP contribution in [-0.4, -0.2) is 26.8 Å². The molecule has 1 aliphatic rings. The van der Waals surface area contributed by atoms with Gasteiger partial charge in [-0.3, -0.25) is 0 Å². The number of rotatable bonds is 5. The van der Waals surface area contributed by atoms with Gasteiger partial charge in [0, 0.05) is 12.6 Å². The van der Waals surface area contributed by atoms with Crippen LogP contribution in [-0.2, 0) is 16.0 Å². The third-order valence-electron chi connectivity index (χ3n) is 2.92. The number of sulfone groups is 1. The molecule has 1 aromatic carbocycles. The molecule has 19 heavy (non-hydrogen) atoms.